The Labute approximate surface area is 219 Å². The minimum atomic E-state index is -0.940. The van der Waals surface area contributed by atoms with Crippen molar-refractivity contribution >= 4 is 13.2 Å². The Balaban J connectivity index is 0. The van der Waals surface area contributed by atoms with Crippen molar-refractivity contribution in [2.24, 2.45) is 0 Å². The van der Waals surface area contributed by atoms with Crippen molar-refractivity contribution < 1.29 is 33.5 Å². The molecule has 0 bridgehead atoms. The molecule has 0 heterocycles. The second-order valence-corrected chi connectivity index (χ2v) is 14.5. The van der Waals surface area contributed by atoms with E-state index in [9.17, 15) is 4.79 Å². The molecule has 4 heteroatoms. The molecule has 0 aliphatic rings. The Hall–Kier alpha value is 0.370. The van der Waals surface area contributed by atoms with E-state index in [1.165, 1.54) is 121 Å². The van der Waals surface area contributed by atoms with Gasteiger partial charge >= 0.3 is 5.97 Å². The Morgan fingerprint density at radius 1 is 0.656 bits per heavy atom. The topological polar surface area (TPSA) is 26.3 Å². The highest BCUT2D eigenvalue weighted by Gasteiger charge is 2.32. The van der Waals surface area contributed by atoms with Crippen LogP contribution in [0.25, 0.3) is 0 Å². The maximum Gasteiger partial charge on any atom is 0.333 e. The first-order chi connectivity index (χ1) is 15.0. The molecule has 32 heavy (non-hydrogen) atoms. The van der Waals surface area contributed by atoms with E-state index in [2.05, 4.69) is 27.4 Å². The Morgan fingerprint density at radius 3 is 1.38 bits per heavy atom. The minimum Gasteiger partial charge on any atom is -1.00 e. The van der Waals surface area contributed by atoms with E-state index in [-0.39, 0.29) is 29.9 Å². The smallest absolute Gasteiger partial charge is 0.333 e. The molecule has 0 aromatic rings. The lowest BCUT2D eigenvalue weighted by Gasteiger charge is -2.25. The second kappa shape index (κ2) is 24.5. The molecule has 0 rings (SSSR count). The average Bonchev–Trinajstić information content (AvgIpc) is 2.77. The van der Waals surface area contributed by atoms with Crippen LogP contribution < -0.4 is 24.0 Å². The van der Waals surface area contributed by atoms with Gasteiger partial charge in [0.05, 0.1) is 24.6 Å². The molecule has 0 aromatic heterocycles. The third-order valence-electron chi connectivity index (χ3n) is 6.97. The molecule has 0 radical (unpaired) electrons. The third-order valence-corrected chi connectivity index (χ3v) is 12.1. The summed E-state index contributed by atoms with van der Waals surface area (Å²) in [5.41, 5.74) is 0.509. The van der Waals surface area contributed by atoms with Gasteiger partial charge in [0.1, 0.15) is 6.61 Å². The first-order valence-electron chi connectivity index (χ1n) is 13.7. The number of hydrogen-bond acceptors (Lipinski definition) is 2. The van der Waals surface area contributed by atoms with Gasteiger partial charge in [0.2, 0.25) is 0 Å². The van der Waals surface area contributed by atoms with Gasteiger partial charge in [0.25, 0.3) is 0 Å². The van der Waals surface area contributed by atoms with Crippen molar-refractivity contribution in [2.75, 3.05) is 31.3 Å². The number of esters is 1. The van der Waals surface area contributed by atoms with Gasteiger partial charge in [0, 0.05) is 12.8 Å². The highest BCUT2D eigenvalue weighted by molar-refractivity contribution is 7.75. The normalized spacial score (nSPS) is 11.2. The van der Waals surface area contributed by atoms with Crippen LogP contribution in [-0.2, 0) is 9.53 Å². The number of unbranched alkanes of at least 4 members (excludes halogenated alkanes) is 15. The van der Waals surface area contributed by atoms with E-state index in [1.54, 1.807) is 6.92 Å². The third kappa shape index (κ3) is 19.8. The predicted octanol–water partition coefficient (Wildman–Crippen LogP) is 6.43. The molecule has 192 valence electrons. The Kier molecular flexibility index (Phi) is 26.4. The van der Waals surface area contributed by atoms with Crippen molar-refractivity contribution in [3.8, 4) is 0 Å². The van der Waals surface area contributed by atoms with E-state index < -0.39 is 7.26 Å². The molecular weight excluding hydrogens is 526 g/mol. The van der Waals surface area contributed by atoms with Gasteiger partial charge < -0.3 is 28.7 Å². The van der Waals surface area contributed by atoms with Crippen molar-refractivity contribution in [1.29, 1.82) is 0 Å². The molecule has 0 amide bonds. The summed E-state index contributed by atoms with van der Waals surface area (Å²) in [7, 11) is -0.940. The zero-order valence-electron chi connectivity index (χ0n) is 22.2. The van der Waals surface area contributed by atoms with Crippen molar-refractivity contribution in [3.05, 3.63) is 12.2 Å². The maximum absolute atomic E-state index is 11.6. The van der Waals surface area contributed by atoms with Crippen LogP contribution in [0.1, 0.15) is 130 Å². The number of rotatable bonds is 23. The highest BCUT2D eigenvalue weighted by atomic mass is 127. The predicted molar refractivity (Wildman–Crippen MR) is 143 cm³/mol. The van der Waals surface area contributed by atoms with Crippen molar-refractivity contribution in [3.63, 3.8) is 0 Å². The fourth-order valence-corrected chi connectivity index (χ4v) is 7.73. The first-order valence-corrected chi connectivity index (χ1v) is 16.2. The van der Waals surface area contributed by atoms with Gasteiger partial charge in [-0.1, -0.05) is 103 Å². The summed E-state index contributed by atoms with van der Waals surface area (Å²) < 4.78 is 5.38. The molecule has 0 aliphatic carbocycles. The molecular formula is C28H56IO2P. The molecule has 0 fully saturated rings. The maximum atomic E-state index is 11.6. The molecule has 0 spiro atoms. The summed E-state index contributed by atoms with van der Waals surface area (Å²) in [6, 6.07) is 0. The second-order valence-electron chi connectivity index (χ2n) is 9.64. The van der Waals surface area contributed by atoms with Crippen LogP contribution in [0.15, 0.2) is 12.2 Å². The van der Waals surface area contributed by atoms with Gasteiger partial charge in [-0.25, -0.2) is 4.79 Å². The van der Waals surface area contributed by atoms with Crippen LogP contribution in [0.2, 0.25) is 0 Å². The van der Waals surface area contributed by atoms with Crippen molar-refractivity contribution in [1.82, 2.24) is 0 Å². The largest absolute Gasteiger partial charge is 1.00 e. The summed E-state index contributed by atoms with van der Waals surface area (Å²) in [6.07, 6.45) is 27.9. The van der Waals surface area contributed by atoms with Gasteiger partial charge in [-0.3, -0.25) is 0 Å². The van der Waals surface area contributed by atoms with Crippen LogP contribution in [0.4, 0.5) is 0 Å². The van der Waals surface area contributed by atoms with Crippen LogP contribution >= 0.6 is 7.26 Å². The van der Waals surface area contributed by atoms with Crippen LogP contribution in [0.5, 0.6) is 0 Å². The molecule has 0 saturated carbocycles. The molecule has 2 nitrogen and oxygen atoms in total. The van der Waals surface area contributed by atoms with Crippen LogP contribution in [-0.4, -0.2) is 37.2 Å². The molecule has 0 aromatic carbocycles. The van der Waals surface area contributed by atoms with E-state index >= 15 is 0 Å². The van der Waals surface area contributed by atoms with Gasteiger partial charge in [-0.2, -0.15) is 0 Å². The monoisotopic (exact) mass is 582 g/mol. The van der Waals surface area contributed by atoms with Gasteiger partial charge in [0.15, 0.2) is 0 Å². The molecule has 0 unspecified atom stereocenters. The fourth-order valence-electron chi connectivity index (χ4n) is 4.42. The lowest BCUT2D eigenvalue weighted by atomic mass is 10.0. The lowest BCUT2D eigenvalue weighted by Crippen LogP contribution is -3.00. The summed E-state index contributed by atoms with van der Waals surface area (Å²) >= 11 is 0. The molecule has 0 saturated heterocycles. The summed E-state index contributed by atoms with van der Waals surface area (Å²) in [5, 5.41) is 0. The minimum absolute atomic E-state index is 0. The number of hydrogen-bond donors (Lipinski definition) is 0. The van der Waals surface area contributed by atoms with Gasteiger partial charge in [-0.15, -0.1) is 0 Å². The first kappa shape index (κ1) is 34.5. The van der Waals surface area contributed by atoms with E-state index in [0.29, 0.717) is 12.2 Å². The standard InChI is InChI=1S/C28H56O2P.HI/c1-6-9-10-11-12-13-14-15-16-17-18-19-20-21-22-23-25-31(7-2,8-3)26-24-30-28(29)27(4)5;/h4,6-26H2,1-3,5H3;1H/q+1;/p-1. The lowest BCUT2D eigenvalue weighted by molar-refractivity contribution is -0.138. The quantitative estimate of drug-likeness (QED) is 0.0457. The SMILES string of the molecule is C=C(C)C(=O)OCC[P+](CC)(CC)CCCCCCCCCCCCCCCCCC.[I-]. The number of carbonyl (C=O) groups excluding carboxylic acids is 1. The highest BCUT2D eigenvalue weighted by Crippen LogP contribution is 2.58. The van der Waals surface area contributed by atoms with Crippen LogP contribution in [0.3, 0.4) is 0 Å². The molecule has 0 N–H and O–H groups in total. The van der Waals surface area contributed by atoms with Crippen LogP contribution in [0, 0.1) is 0 Å². The summed E-state index contributed by atoms with van der Waals surface area (Å²) in [4.78, 5) is 11.6. The average molecular weight is 583 g/mol. The van der Waals surface area contributed by atoms with E-state index in [1.807, 2.05) is 0 Å². The Morgan fingerprint density at radius 2 is 1.03 bits per heavy atom. The number of carbonyl (C=O) groups is 1. The summed E-state index contributed by atoms with van der Waals surface area (Å²) in [5.74, 6) is -0.229. The Bertz CT molecular complexity index is 435. The van der Waals surface area contributed by atoms with Crippen molar-refractivity contribution in [2.45, 2.75) is 130 Å². The molecule has 0 aliphatic heterocycles. The fraction of sp³-hybridized carbons (Fsp3) is 0.893. The zero-order valence-corrected chi connectivity index (χ0v) is 25.2. The van der Waals surface area contributed by atoms with E-state index in [4.69, 9.17) is 4.74 Å². The van der Waals surface area contributed by atoms with Gasteiger partial charge in [-0.05, 0) is 33.6 Å². The number of halogens is 1. The summed E-state index contributed by atoms with van der Waals surface area (Å²) in [6.45, 7) is 12.9. The molecule has 0 atom stereocenters. The van der Waals surface area contributed by atoms with E-state index in [0.717, 1.165) is 6.16 Å². The number of ether oxygens (including phenoxy) is 1. The zero-order chi connectivity index (χ0) is 23.2.